The lowest BCUT2D eigenvalue weighted by Gasteiger charge is -2.35. The first kappa shape index (κ1) is 14.1. The minimum atomic E-state index is 0.0105. The molecule has 2 N–H and O–H groups in total. The molecule has 0 bridgehead atoms. The van der Waals surface area contributed by atoms with Crippen molar-refractivity contribution in [1.82, 2.24) is 10.6 Å². The maximum atomic E-state index is 12.2. The molecule has 0 spiro atoms. The number of amides is 1. The molecular formula is C16H24N2O. The first-order valence-electron chi connectivity index (χ1n) is 7.22. The molecule has 0 heterocycles. The van der Waals surface area contributed by atoms with Crippen molar-refractivity contribution in [1.29, 1.82) is 0 Å². The van der Waals surface area contributed by atoms with Gasteiger partial charge in [0.25, 0.3) is 0 Å². The van der Waals surface area contributed by atoms with Crippen LogP contribution in [0.1, 0.15) is 37.8 Å². The van der Waals surface area contributed by atoms with Crippen molar-refractivity contribution >= 4 is 5.91 Å². The van der Waals surface area contributed by atoms with E-state index in [1.54, 1.807) is 0 Å². The molecule has 0 radical (unpaired) electrons. The fourth-order valence-electron chi connectivity index (χ4n) is 2.60. The van der Waals surface area contributed by atoms with Crippen LogP contribution < -0.4 is 10.6 Å². The van der Waals surface area contributed by atoms with Crippen LogP contribution in [0, 0.1) is 11.8 Å². The van der Waals surface area contributed by atoms with E-state index in [-0.39, 0.29) is 17.9 Å². The lowest BCUT2D eigenvalue weighted by atomic mass is 9.77. The smallest absolute Gasteiger partial charge is 0.224 e. The van der Waals surface area contributed by atoms with Crippen molar-refractivity contribution in [2.75, 3.05) is 13.6 Å². The molecule has 0 saturated heterocycles. The van der Waals surface area contributed by atoms with Crippen molar-refractivity contribution in [2.45, 2.75) is 32.2 Å². The van der Waals surface area contributed by atoms with Gasteiger partial charge < -0.3 is 10.6 Å². The second kappa shape index (κ2) is 6.71. The van der Waals surface area contributed by atoms with Crippen LogP contribution in [0.2, 0.25) is 0 Å². The fourth-order valence-corrected chi connectivity index (χ4v) is 2.60. The molecule has 1 aromatic carbocycles. The molecule has 1 saturated carbocycles. The van der Waals surface area contributed by atoms with Crippen molar-refractivity contribution in [3.05, 3.63) is 35.9 Å². The van der Waals surface area contributed by atoms with Crippen molar-refractivity contribution < 1.29 is 4.79 Å². The predicted molar refractivity (Wildman–Crippen MR) is 77.8 cm³/mol. The van der Waals surface area contributed by atoms with Crippen LogP contribution in [0.3, 0.4) is 0 Å². The van der Waals surface area contributed by atoms with E-state index in [1.165, 1.54) is 24.8 Å². The van der Waals surface area contributed by atoms with Crippen molar-refractivity contribution in [3.8, 4) is 0 Å². The van der Waals surface area contributed by atoms with Gasteiger partial charge in [0.2, 0.25) is 5.91 Å². The van der Waals surface area contributed by atoms with E-state index in [4.69, 9.17) is 0 Å². The van der Waals surface area contributed by atoms with Crippen LogP contribution in [-0.2, 0) is 4.79 Å². The van der Waals surface area contributed by atoms with Gasteiger partial charge in [-0.3, -0.25) is 4.79 Å². The minimum Gasteiger partial charge on any atom is -0.349 e. The Hall–Kier alpha value is -1.35. The molecule has 19 heavy (non-hydrogen) atoms. The van der Waals surface area contributed by atoms with E-state index in [9.17, 15) is 4.79 Å². The normalized spacial score (nSPS) is 18.4. The number of hydrogen-bond donors (Lipinski definition) is 2. The minimum absolute atomic E-state index is 0.0105. The fraction of sp³-hybridized carbons (Fsp3) is 0.562. The standard InChI is InChI=1S/C16H24N2O/c1-12(11-17-2)16(19)18-15(14-9-6-10-14)13-7-4-3-5-8-13/h3-5,7-8,12,14-15,17H,6,9-11H2,1-2H3,(H,18,19). The van der Waals surface area contributed by atoms with E-state index >= 15 is 0 Å². The molecule has 2 atom stereocenters. The zero-order valence-electron chi connectivity index (χ0n) is 11.9. The topological polar surface area (TPSA) is 41.1 Å². The summed E-state index contributed by atoms with van der Waals surface area (Å²) in [7, 11) is 1.88. The molecule has 0 aromatic heterocycles. The molecule has 0 aliphatic heterocycles. The van der Waals surface area contributed by atoms with Crippen LogP contribution >= 0.6 is 0 Å². The van der Waals surface area contributed by atoms with Crippen LogP contribution in [-0.4, -0.2) is 19.5 Å². The third kappa shape index (κ3) is 3.57. The summed E-state index contributed by atoms with van der Waals surface area (Å²) in [5.41, 5.74) is 1.23. The summed E-state index contributed by atoms with van der Waals surface area (Å²) in [5.74, 6) is 0.763. The molecule has 1 aliphatic carbocycles. The first-order valence-corrected chi connectivity index (χ1v) is 7.22. The van der Waals surface area contributed by atoms with Gasteiger partial charge in [0.05, 0.1) is 6.04 Å². The molecule has 104 valence electrons. The molecule has 2 rings (SSSR count). The summed E-state index contributed by atoms with van der Waals surface area (Å²) in [6, 6.07) is 10.5. The van der Waals surface area contributed by atoms with Crippen molar-refractivity contribution in [3.63, 3.8) is 0 Å². The van der Waals surface area contributed by atoms with Gasteiger partial charge in [0.15, 0.2) is 0 Å². The van der Waals surface area contributed by atoms with Gasteiger partial charge in [0.1, 0.15) is 0 Å². The molecule has 1 aliphatic rings. The Balaban J connectivity index is 2.04. The van der Waals surface area contributed by atoms with Gasteiger partial charge >= 0.3 is 0 Å². The van der Waals surface area contributed by atoms with Gasteiger partial charge in [0, 0.05) is 12.5 Å². The average molecular weight is 260 g/mol. The maximum absolute atomic E-state index is 12.2. The van der Waals surface area contributed by atoms with E-state index < -0.39 is 0 Å². The van der Waals surface area contributed by atoms with Gasteiger partial charge in [-0.1, -0.05) is 43.7 Å². The van der Waals surface area contributed by atoms with Crippen LogP contribution in [0.25, 0.3) is 0 Å². The number of hydrogen-bond acceptors (Lipinski definition) is 2. The summed E-state index contributed by atoms with van der Waals surface area (Å²) >= 11 is 0. The Morgan fingerprint density at radius 1 is 1.32 bits per heavy atom. The highest BCUT2D eigenvalue weighted by Crippen LogP contribution is 2.37. The van der Waals surface area contributed by atoms with E-state index in [0.29, 0.717) is 5.92 Å². The lowest BCUT2D eigenvalue weighted by Crippen LogP contribution is -2.40. The van der Waals surface area contributed by atoms with Gasteiger partial charge in [-0.15, -0.1) is 0 Å². The molecule has 3 heteroatoms. The van der Waals surface area contributed by atoms with E-state index in [1.807, 2.05) is 32.2 Å². The summed E-state index contributed by atoms with van der Waals surface area (Å²) in [6.45, 7) is 2.69. The van der Waals surface area contributed by atoms with Gasteiger partial charge in [-0.05, 0) is 31.4 Å². The zero-order valence-corrected chi connectivity index (χ0v) is 11.9. The maximum Gasteiger partial charge on any atom is 0.224 e. The quantitative estimate of drug-likeness (QED) is 0.825. The second-order valence-electron chi connectivity index (χ2n) is 5.55. The highest BCUT2D eigenvalue weighted by Gasteiger charge is 2.30. The molecule has 2 unspecified atom stereocenters. The molecule has 1 aromatic rings. The van der Waals surface area contributed by atoms with Crippen molar-refractivity contribution in [2.24, 2.45) is 11.8 Å². The number of carbonyl (C=O) groups excluding carboxylic acids is 1. The Bertz CT molecular complexity index is 400. The average Bonchev–Trinajstić information content (AvgIpc) is 2.37. The summed E-state index contributed by atoms with van der Waals surface area (Å²) in [6.07, 6.45) is 3.73. The largest absolute Gasteiger partial charge is 0.349 e. The highest BCUT2D eigenvalue weighted by molar-refractivity contribution is 5.79. The molecular weight excluding hydrogens is 236 g/mol. The Labute approximate surface area is 115 Å². The number of rotatable bonds is 6. The summed E-state index contributed by atoms with van der Waals surface area (Å²) < 4.78 is 0. The predicted octanol–water partition coefficient (Wildman–Crippen LogP) is 2.50. The summed E-state index contributed by atoms with van der Waals surface area (Å²) in [5, 5.41) is 6.30. The highest BCUT2D eigenvalue weighted by atomic mass is 16.1. The number of benzene rings is 1. The van der Waals surface area contributed by atoms with E-state index in [2.05, 4.69) is 22.8 Å². The zero-order chi connectivity index (χ0) is 13.7. The lowest BCUT2D eigenvalue weighted by molar-refractivity contribution is -0.125. The molecule has 1 amide bonds. The van der Waals surface area contributed by atoms with Crippen LogP contribution in [0.15, 0.2) is 30.3 Å². The molecule has 3 nitrogen and oxygen atoms in total. The SMILES string of the molecule is CNCC(C)C(=O)NC(c1ccccc1)C1CCC1. The Kier molecular flexibility index (Phi) is 4.97. The van der Waals surface area contributed by atoms with E-state index in [0.717, 1.165) is 6.54 Å². The molecule has 1 fully saturated rings. The van der Waals surface area contributed by atoms with Crippen LogP contribution in [0.5, 0.6) is 0 Å². The Morgan fingerprint density at radius 3 is 2.53 bits per heavy atom. The third-order valence-corrected chi connectivity index (χ3v) is 4.04. The third-order valence-electron chi connectivity index (χ3n) is 4.04. The number of carbonyl (C=O) groups is 1. The monoisotopic (exact) mass is 260 g/mol. The number of nitrogens with one attached hydrogen (secondary N) is 2. The first-order chi connectivity index (χ1) is 9.22. The summed E-state index contributed by atoms with van der Waals surface area (Å²) in [4.78, 5) is 12.2. The van der Waals surface area contributed by atoms with Gasteiger partial charge in [-0.25, -0.2) is 0 Å². The Morgan fingerprint density at radius 2 is 2.00 bits per heavy atom. The van der Waals surface area contributed by atoms with Crippen LogP contribution in [0.4, 0.5) is 0 Å². The second-order valence-corrected chi connectivity index (χ2v) is 5.55. The van der Waals surface area contributed by atoms with Gasteiger partial charge in [-0.2, -0.15) is 0 Å².